The summed E-state index contributed by atoms with van der Waals surface area (Å²) in [5.74, 6) is -0.0829. The quantitative estimate of drug-likeness (QED) is 0.859. The first-order valence-electron chi connectivity index (χ1n) is 7.62. The summed E-state index contributed by atoms with van der Waals surface area (Å²) in [6, 6.07) is 1.79. The second-order valence-corrected chi connectivity index (χ2v) is 9.98. The first-order valence-corrected chi connectivity index (χ1v) is 10.3. The molecule has 2 N–H and O–H groups in total. The third-order valence-electron chi connectivity index (χ3n) is 4.24. The van der Waals surface area contributed by atoms with Gasteiger partial charge in [0.05, 0.1) is 26.9 Å². The van der Waals surface area contributed by atoms with Crippen molar-refractivity contribution in [3.8, 4) is 0 Å². The molecule has 1 atom stereocenters. The van der Waals surface area contributed by atoms with Crippen LogP contribution in [0, 0.1) is 12.8 Å². The summed E-state index contributed by atoms with van der Waals surface area (Å²) in [7, 11) is -3.07. The Bertz CT molecular complexity index is 764. The van der Waals surface area contributed by atoms with E-state index in [1.165, 1.54) is 11.3 Å². The highest BCUT2D eigenvalue weighted by Crippen LogP contribution is 2.33. The summed E-state index contributed by atoms with van der Waals surface area (Å²) in [6.45, 7) is 3.57. The number of rotatable bonds is 4. The zero-order chi connectivity index (χ0) is 16.8. The zero-order valence-corrected chi connectivity index (χ0v) is 14.8. The molecule has 1 aliphatic heterocycles. The highest BCUT2D eigenvalue weighted by atomic mass is 32.2. The van der Waals surface area contributed by atoms with E-state index in [1.807, 2.05) is 6.92 Å². The summed E-state index contributed by atoms with van der Waals surface area (Å²) < 4.78 is 23.3. The first-order chi connectivity index (χ1) is 10.7. The van der Waals surface area contributed by atoms with Crippen LogP contribution in [0.25, 0.3) is 0 Å². The molecule has 1 saturated heterocycles. The molecule has 0 radical (unpaired) electrons. The van der Waals surface area contributed by atoms with E-state index in [2.05, 4.69) is 10.6 Å². The van der Waals surface area contributed by atoms with Gasteiger partial charge >= 0.3 is 0 Å². The topological polar surface area (TPSA) is 92.3 Å². The molecule has 2 heterocycles. The Morgan fingerprint density at radius 3 is 2.61 bits per heavy atom. The number of carbonyl (C=O) groups is 2. The molecule has 8 heteroatoms. The van der Waals surface area contributed by atoms with Crippen LogP contribution in [0.5, 0.6) is 0 Å². The van der Waals surface area contributed by atoms with Crippen LogP contribution in [0.4, 0.5) is 5.00 Å². The number of carbonyl (C=O) groups excluding carboxylic acids is 2. The number of thiophene rings is 1. The van der Waals surface area contributed by atoms with E-state index in [1.54, 1.807) is 13.0 Å². The molecule has 3 rings (SSSR count). The Morgan fingerprint density at radius 2 is 2.04 bits per heavy atom. The van der Waals surface area contributed by atoms with E-state index in [4.69, 9.17) is 0 Å². The summed E-state index contributed by atoms with van der Waals surface area (Å²) in [4.78, 5) is 24.8. The molecule has 0 unspecified atom stereocenters. The van der Waals surface area contributed by atoms with E-state index in [9.17, 15) is 18.0 Å². The summed E-state index contributed by atoms with van der Waals surface area (Å²) in [5, 5.41) is 6.35. The fraction of sp³-hybridized carbons (Fsp3) is 0.600. The zero-order valence-electron chi connectivity index (χ0n) is 13.1. The van der Waals surface area contributed by atoms with Crippen molar-refractivity contribution in [2.75, 3.05) is 16.8 Å². The monoisotopic (exact) mass is 356 g/mol. The van der Waals surface area contributed by atoms with Crippen molar-refractivity contribution in [2.24, 2.45) is 5.92 Å². The maximum atomic E-state index is 12.5. The fourth-order valence-corrected chi connectivity index (χ4v) is 5.84. The lowest BCUT2D eigenvalue weighted by atomic mass is 10.0. The lowest BCUT2D eigenvalue weighted by Gasteiger charge is -2.23. The number of aryl methyl sites for hydroxylation is 1. The highest BCUT2D eigenvalue weighted by Gasteiger charge is 2.40. The van der Waals surface area contributed by atoms with Crippen LogP contribution < -0.4 is 10.6 Å². The molecule has 0 aromatic carbocycles. The predicted octanol–water partition coefficient (Wildman–Crippen LogP) is 1.71. The van der Waals surface area contributed by atoms with Crippen molar-refractivity contribution in [3.63, 3.8) is 0 Å². The van der Waals surface area contributed by atoms with E-state index in [0.717, 1.165) is 18.4 Å². The molecule has 0 bridgehead atoms. The van der Waals surface area contributed by atoms with E-state index in [-0.39, 0.29) is 29.2 Å². The Morgan fingerprint density at radius 1 is 1.35 bits per heavy atom. The maximum Gasteiger partial charge on any atom is 0.262 e. The van der Waals surface area contributed by atoms with Crippen LogP contribution >= 0.6 is 11.3 Å². The minimum Gasteiger partial charge on any atom is -0.345 e. The number of sulfone groups is 1. The maximum absolute atomic E-state index is 12.5. The van der Waals surface area contributed by atoms with Gasteiger partial charge in [0, 0.05) is 5.92 Å². The predicted molar refractivity (Wildman–Crippen MR) is 89.6 cm³/mol. The van der Waals surface area contributed by atoms with Crippen molar-refractivity contribution in [3.05, 3.63) is 16.5 Å². The average molecular weight is 356 g/mol. The van der Waals surface area contributed by atoms with Crippen LogP contribution in [-0.2, 0) is 14.6 Å². The first kappa shape index (κ1) is 16.4. The van der Waals surface area contributed by atoms with Crippen LogP contribution in [0.15, 0.2) is 6.07 Å². The molecule has 1 aliphatic carbocycles. The van der Waals surface area contributed by atoms with Crippen LogP contribution in [0.3, 0.4) is 0 Å². The van der Waals surface area contributed by atoms with Crippen LogP contribution in [0.1, 0.15) is 41.4 Å². The van der Waals surface area contributed by atoms with Crippen molar-refractivity contribution < 1.29 is 18.0 Å². The van der Waals surface area contributed by atoms with Gasteiger partial charge in [-0.25, -0.2) is 8.42 Å². The molecule has 2 aliphatic rings. The lowest BCUT2D eigenvalue weighted by Crippen LogP contribution is -2.46. The Hall–Kier alpha value is -1.41. The van der Waals surface area contributed by atoms with Crippen LogP contribution in [0.2, 0.25) is 0 Å². The van der Waals surface area contributed by atoms with Gasteiger partial charge in [-0.1, -0.05) is 0 Å². The third-order valence-corrected chi connectivity index (χ3v) is 7.29. The fourth-order valence-electron chi connectivity index (χ4n) is 2.78. The summed E-state index contributed by atoms with van der Waals surface area (Å²) in [5.41, 5.74) is 0.0621. The van der Waals surface area contributed by atoms with Gasteiger partial charge in [0.2, 0.25) is 5.91 Å². The van der Waals surface area contributed by atoms with Gasteiger partial charge < -0.3 is 10.6 Å². The standard InChI is InChI=1S/C15H20N2O4S2/c1-9-7-11(16-13(18)10-3-4-10)22-12(9)14(19)17-15(2)5-6-23(20,21)8-15/h7,10H,3-6,8H2,1-2H3,(H,16,18)(H,17,19)/t15-/m0/s1. The van der Waals surface area contributed by atoms with Crippen LogP contribution in [-0.4, -0.2) is 37.3 Å². The highest BCUT2D eigenvalue weighted by molar-refractivity contribution is 7.91. The largest absolute Gasteiger partial charge is 0.345 e. The lowest BCUT2D eigenvalue weighted by molar-refractivity contribution is -0.117. The molecule has 0 spiro atoms. The van der Waals surface area contributed by atoms with E-state index < -0.39 is 15.4 Å². The molecular formula is C15H20N2O4S2. The van der Waals surface area contributed by atoms with Gasteiger partial charge in [0.15, 0.2) is 9.84 Å². The van der Waals surface area contributed by atoms with Gasteiger partial charge in [0.1, 0.15) is 0 Å². The number of hydrogen-bond donors (Lipinski definition) is 2. The molecule has 1 aromatic heterocycles. The molecular weight excluding hydrogens is 336 g/mol. The van der Waals surface area contributed by atoms with Gasteiger partial charge in [-0.05, 0) is 44.7 Å². The molecule has 2 amide bonds. The molecule has 1 saturated carbocycles. The Labute approximate surface area is 139 Å². The normalized spacial score (nSPS) is 26.0. The molecule has 23 heavy (non-hydrogen) atoms. The number of hydrogen-bond acceptors (Lipinski definition) is 5. The average Bonchev–Trinajstić information content (AvgIpc) is 3.15. The van der Waals surface area contributed by atoms with Crippen molar-refractivity contribution >= 4 is 38.0 Å². The van der Waals surface area contributed by atoms with Gasteiger partial charge in [-0.15, -0.1) is 11.3 Å². The van der Waals surface area contributed by atoms with Gasteiger partial charge in [0.25, 0.3) is 5.91 Å². The van der Waals surface area contributed by atoms with Crippen molar-refractivity contribution in [2.45, 2.75) is 38.6 Å². The Kier molecular flexibility index (Phi) is 4.00. The van der Waals surface area contributed by atoms with Crippen molar-refractivity contribution in [1.82, 2.24) is 5.32 Å². The van der Waals surface area contributed by atoms with E-state index >= 15 is 0 Å². The number of anilines is 1. The summed E-state index contributed by atoms with van der Waals surface area (Å²) in [6.07, 6.45) is 2.28. The van der Waals surface area contributed by atoms with Gasteiger partial charge in [-0.3, -0.25) is 9.59 Å². The minimum absolute atomic E-state index is 0.00653. The second-order valence-electron chi connectivity index (χ2n) is 6.74. The van der Waals surface area contributed by atoms with E-state index in [0.29, 0.717) is 16.3 Å². The molecule has 126 valence electrons. The number of nitrogens with one attached hydrogen (secondary N) is 2. The third kappa shape index (κ3) is 3.74. The molecule has 1 aromatic rings. The summed E-state index contributed by atoms with van der Waals surface area (Å²) >= 11 is 1.23. The SMILES string of the molecule is Cc1cc(NC(=O)C2CC2)sc1C(=O)N[C@@]1(C)CCS(=O)(=O)C1. The minimum atomic E-state index is -3.07. The smallest absolute Gasteiger partial charge is 0.262 e. The second kappa shape index (κ2) is 5.59. The Balaban J connectivity index is 1.70. The van der Waals surface area contributed by atoms with Crippen molar-refractivity contribution in [1.29, 1.82) is 0 Å². The molecule has 2 fully saturated rings. The number of amides is 2. The van der Waals surface area contributed by atoms with Gasteiger partial charge in [-0.2, -0.15) is 0 Å². The molecule has 6 nitrogen and oxygen atoms in total.